The minimum Gasteiger partial charge on any atom is -0.480 e. The first-order chi connectivity index (χ1) is 16.3. The van der Waals surface area contributed by atoms with E-state index in [0.717, 1.165) is 0 Å². The molecule has 180 valence electrons. The molecular formula is C26H30N2O6. The number of benzene rings is 2. The maximum absolute atomic E-state index is 14.0. The molecule has 1 aliphatic rings. The van der Waals surface area contributed by atoms with Crippen molar-refractivity contribution in [2.45, 2.75) is 58.5 Å². The highest BCUT2D eigenvalue weighted by atomic mass is 16.6. The van der Waals surface area contributed by atoms with Crippen molar-refractivity contribution in [1.82, 2.24) is 0 Å². The van der Waals surface area contributed by atoms with E-state index in [1.807, 2.05) is 6.92 Å². The first-order valence-electron chi connectivity index (χ1n) is 11.5. The molecule has 1 saturated heterocycles. The van der Waals surface area contributed by atoms with E-state index in [9.17, 15) is 24.3 Å². The third-order valence-corrected chi connectivity index (χ3v) is 6.43. The molecule has 0 radical (unpaired) electrons. The fourth-order valence-corrected chi connectivity index (χ4v) is 4.18. The molecule has 0 spiro atoms. The maximum atomic E-state index is 14.0. The standard InChI is InChI=1S/C26H30N2O6/c1-4-7-18-26(34-24(33)25(5-2,6-3)23(31)32)21(29)27(19-14-10-8-11-15-19)28(22(26)30)20-16-12-9-13-17-20/h8-17H,4-7,18H2,1-3H3,(H,31,32). The van der Waals surface area contributed by atoms with Crippen LogP contribution in [-0.4, -0.2) is 34.5 Å². The lowest BCUT2D eigenvalue weighted by molar-refractivity contribution is -0.185. The van der Waals surface area contributed by atoms with Crippen LogP contribution in [0.2, 0.25) is 0 Å². The second-order valence-electron chi connectivity index (χ2n) is 8.32. The van der Waals surface area contributed by atoms with E-state index in [1.54, 1.807) is 74.5 Å². The second kappa shape index (κ2) is 10.1. The highest BCUT2D eigenvalue weighted by Crippen LogP contribution is 2.41. The Morgan fingerprint density at radius 3 is 1.65 bits per heavy atom. The van der Waals surface area contributed by atoms with Crippen molar-refractivity contribution in [2.75, 3.05) is 10.0 Å². The van der Waals surface area contributed by atoms with Gasteiger partial charge in [0.25, 0.3) is 5.60 Å². The van der Waals surface area contributed by atoms with Crippen molar-refractivity contribution >= 4 is 35.1 Å². The molecule has 2 aromatic rings. The number of carbonyl (C=O) groups is 4. The molecule has 2 aromatic carbocycles. The number of carboxylic acid groups (broad SMARTS) is 1. The number of hydrogen-bond acceptors (Lipinski definition) is 5. The number of carboxylic acids is 1. The highest BCUT2D eigenvalue weighted by Gasteiger charge is 2.64. The van der Waals surface area contributed by atoms with Gasteiger partial charge in [0, 0.05) is 6.42 Å². The van der Waals surface area contributed by atoms with Crippen LogP contribution >= 0.6 is 0 Å². The molecule has 8 nitrogen and oxygen atoms in total. The molecule has 1 N–H and O–H groups in total. The monoisotopic (exact) mass is 466 g/mol. The molecule has 1 aliphatic heterocycles. The van der Waals surface area contributed by atoms with Gasteiger partial charge < -0.3 is 9.84 Å². The van der Waals surface area contributed by atoms with Crippen molar-refractivity contribution in [3.63, 3.8) is 0 Å². The molecule has 2 amide bonds. The number of amides is 2. The van der Waals surface area contributed by atoms with Gasteiger partial charge >= 0.3 is 23.8 Å². The molecule has 1 fully saturated rings. The number of aliphatic carboxylic acids is 1. The zero-order valence-corrected chi connectivity index (χ0v) is 19.7. The number of hydrogen-bond donors (Lipinski definition) is 1. The van der Waals surface area contributed by atoms with Crippen LogP contribution in [0.1, 0.15) is 52.9 Å². The first-order valence-corrected chi connectivity index (χ1v) is 11.5. The van der Waals surface area contributed by atoms with Crippen LogP contribution in [0.25, 0.3) is 0 Å². The summed E-state index contributed by atoms with van der Waals surface area (Å²) in [6.07, 6.45) is 0.947. The average molecular weight is 467 g/mol. The van der Waals surface area contributed by atoms with Gasteiger partial charge in [-0.2, -0.15) is 0 Å². The Kier molecular flexibility index (Phi) is 7.39. The number of ether oxygens (including phenoxy) is 1. The number of nitrogens with zero attached hydrogens (tertiary/aromatic N) is 2. The van der Waals surface area contributed by atoms with E-state index in [2.05, 4.69) is 0 Å². The van der Waals surface area contributed by atoms with E-state index >= 15 is 0 Å². The van der Waals surface area contributed by atoms with Gasteiger partial charge in [-0.05, 0) is 43.5 Å². The van der Waals surface area contributed by atoms with E-state index < -0.39 is 34.8 Å². The van der Waals surface area contributed by atoms with Crippen molar-refractivity contribution in [1.29, 1.82) is 0 Å². The van der Waals surface area contributed by atoms with Gasteiger partial charge in [-0.3, -0.25) is 19.2 Å². The Bertz CT molecular complexity index is 992. The Hall–Kier alpha value is -3.68. The summed E-state index contributed by atoms with van der Waals surface area (Å²) in [4.78, 5) is 53.3. The van der Waals surface area contributed by atoms with Gasteiger partial charge in [0.1, 0.15) is 0 Å². The molecule has 0 atom stereocenters. The van der Waals surface area contributed by atoms with Crippen molar-refractivity contribution in [3.8, 4) is 0 Å². The Morgan fingerprint density at radius 1 is 0.853 bits per heavy atom. The summed E-state index contributed by atoms with van der Waals surface area (Å²) in [5.41, 5.74) is -3.16. The molecule has 0 aromatic heterocycles. The lowest BCUT2D eigenvalue weighted by atomic mass is 9.82. The van der Waals surface area contributed by atoms with Gasteiger partial charge in [0.05, 0.1) is 11.4 Å². The lowest BCUT2D eigenvalue weighted by Gasteiger charge is -2.30. The van der Waals surface area contributed by atoms with Crippen LogP contribution in [0.15, 0.2) is 60.7 Å². The van der Waals surface area contributed by atoms with E-state index in [4.69, 9.17) is 4.74 Å². The fourth-order valence-electron chi connectivity index (χ4n) is 4.18. The highest BCUT2D eigenvalue weighted by molar-refractivity contribution is 6.29. The summed E-state index contributed by atoms with van der Waals surface area (Å²) >= 11 is 0. The summed E-state index contributed by atoms with van der Waals surface area (Å²) in [7, 11) is 0. The van der Waals surface area contributed by atoms with Gasteiger partial charge in [-0.15, -0.1) is 0 Å². The summed E-state index contributed by atoms with van der Waals surface area (Å²) in [5.74, 6) is -3.86. The lowest BCUT2D eigenvalue weighted by Crippen LogP contribution is -2.52. The molecule has 0 aliphatic carbocycles. The predicted molar refractivity (Wildman–Crippen MR) is 127 cm³/mol. The molecular weight excluding hydrogens is 436 g/mol. The zero-order valence-electron chi connectivity index (χ0n) is 19.7. The third kappa shape index (κ3) is 4.04. The topological polar surface area (TPSA) is 104 Å². The van der Waals surface area contributed by atoms with E-state index in [0.29, 0.717) is 24.2 Å². The molecule has 34 heavy (non-hydrogen) atoms. The second-order valence-corrected chi connectivity index (χ2v) is 8.32. The number of unbranched alkanes of at least 4 members (excludes halogenated alkanes) is 1. The smallest absolute Gasteiger partial charge is 0.325 e. The number of hydrazine groups is 1. The van der Waals surface area contributed by atoms with Crippen molar-refractivity contribution < 1.29 is 29.0 Å². The Labute approximate surface area is 199 Å². The minimum absolute atomic E-state index is 0.0330. The van der Waals surface area contributed by atoms with Crippen LogP contribution in [0.3, 0.4) is 0 Å². The van der Waals surface area contributed by atoms with Crippen LogP contribution in [0.5, 0.6) is 0 Å². The number of anilines is 2. The maximum Gasteiger partial charge on any atom is 0.325 e. The number of para-hydroxylation sites is 2. The molecule has 3 rings (SSSR count). The largest absolute Gasteiger partial charge is 0.480 e. The van der Waals surface area contributed by atoms with Crippen LogP contribution in [0.4, 0.5) is 11.4 Å². The quantitative estimate of drug-likeness (QED) is 0.412. The van der Waals surface area contributed by atoms with Gasteiger partial charge in [0.2, 0.25) is 0 Å². The summed E-state index contributed by atoms with van der Waals surface area (Å²) < 4.78 is 5.74. The first kappa shape index (κ1) is 25.0. The molecule has 0 saturated carbocycles. The number of rotatable bonds is 10. The molecule has 1 heterocycles. The average Bonchev–Trinajstić information content (AvgIpc) is 3.06. The summed E-state index contributed by atoms with van der Waals surface area (Å²) in [6.45, 7) is 5.04. The van der Waals surface area contributed by atoms with Crippen LogP contribution < -0.4 is 10.0 Å². The van der Waals surface area contributed by atoms with Crippen LogP contribution in [0, 0.1) is 5.41 Å². The Morgan fingerprint density at radius 2 is 1.29 bits per heavy atom. The third-order valence-electron chi connectivity index (χ3n) is 6.43. The molecule has 0 unspecified atom stereocenters. The summed E-state index contributed by atoms with van der Waals surface area (Å²) in [6, 6.07) is 17.2. The van der Waals surface area contributed by atoms with Crippen LogP contribution in [-0.2, 0) is 23.9 Å². The normalized spacial score (nSPS) is 15.5. The van der Waals surface area contributed by atoms with Gasteiger partial charge in [0.15, 0.2) is 5.41 Å². The van der Waals surface area contributed by atoms with Gasteiger partial charge in [-0.25, -0.2) is 10.0 Å². The van der Waals surface area contributed by atoms with Gasteiger partial charge in [-0.1, -0.05) is 63.6 Å². The number of esters is 1. The Balaban J connectivity index is 2.17. The molecule has 8 heteroatoms. The minimum atomic E-state index is -2.16. The van der Waals surface area contributed by atoms with Crippen molar-refractivity contribution in [2.24, 2.45) is 5.41 Å². The van der Waals surface area contributed by atoms with E-state index in [1.165, 1.54) is 10.0 Å². The van der Waals surface area contributed by atoms with E-state index in [-0.39, 0.29) is 19.3 Å². The van der Waals surface area contributed by atoms with Crippen molar-refractivity contribution in [3.05, 3.63) is 60.7 Å². The molecule has 0 bridgehead atoms. The zero-order chi connectivity index (χ0) is 24.9. The SMILES string of the molecule is CCCCC1(OC(=O)C(CC)(CC)C(=O)O)C(=O)N(c2ccccc2)N(c2ccccc2)C1=O. The summed E-state index contributed by atoms with van der Waals surface area (Å²) in [5, 5.41) is 12.2. The number of carbonyl (C=O) groups excluding carboxylic acids is 3. The fraction of sp³-hybridized carbons (Fsp3) is 0.385. The predicted octanol–water partition coefficient (Wildman–Crippen LogP) is 4.34.